The minimum Gasteiger partial charge on any atom is -0.384 e. The number of methoxy groups -OCH3 is 1. The highest BCUT2D eigenvalue weighted by Gasteiger charge is 2.36. The van der Waals surface area contributed by atoms with Crippen LogP contribution in [0.5, 0.6) is 0 Å². The molecule has 25 heavy (non-hydrogen) atoms. The van der Waals surface area contributed by atoms with Crippen LogP contribution in [-0.4, -0.2) is 44.4 Å². The van der Waals surface area contributed by atoms with Crippen molar-refractivity contribution in [2.24, 2.45) is 7.05 Å². The Labute approximate surface area is 150 Å². The predicted octanol–water partition coefficient (Wildman–Crippen LogP) is 1.51. The zero-order valence-electron chi connectivity index (χ0n) is 16.3. The van der Waals surface area contributed by atoms with Gasteiger partial charge in [-0.2, -0.15) is 0 Å². The van der Waals surface area contributed by atoms with Crippen LogP contribution in [0.15, 0.2) is 10.6 Å². The van der Waals surface area contributed by atoms with Crippen molar-refractivity contribution in [2.75, 3.05) is 32.2 Å². The summed E-state index contributed by atoms with van der Waals surface area (Å²) in [6.45, 7) is 9.95. The van der Waals surface area contributed by atoms with E-state index in [4.69, 9.17) is 14.0 Å². The molecule has 0 unspecified atom stereocenters. The second-order valence-corrected chi connectivity index (χ2v) is 7.91. The van der Waals surface area contributed by atoms with Crippen LogP contribution >= 0.6 is 0 Å². The summed E-state index contributed by atoms with van der Waals surface area (Å²) in [5.74, 6) is 0.318. The van der Waals surface area contributed by atoms with Crippen LogP contribution < -0.4 is 15.4 Å². The smallest absolute Gasteiger partial charge is 0.282 e. The van der Waals surface area contributed by atoms with Crippen LogP contribution in [0.4, 0.5) is 5.88 Å². The molecule has 2 N–H and O–H groups in total. The second-order valence-electron chi connectivity index (χ2n) is 7.91. The molecule has 0 radical (unpaired) electrons. The number of nitrogens with zero attached hydrogens (tertiary/aromatic N) is 1. The molecule has 2 rings (SSSR count). The highest BCUT2D eigenvalue weighted by Crippen LogP contribution is 2.24. The molecule has 0 atom stereocenters. The van der Waals surface area contributed by atoms with Gasteiger partial charge in [-0.25, -0.2) is 4.52 Å². The lowest BCUT2D eigenvalue weighted by Crippen LogP contribution is -2.55. The molecule has 2 heterocycles. The number of aryl methyl sites for hydroxylation is 1. The summed E-state index contributed by atoms with van der Waals surface area (Å²) in [5, 5.41) is 6.31. The Kier molecular flexibility index (Phi) is 6.24. The standard InChI is InChI=1S/C18H31N3O4/c1-17(2,12-23-6)14-11-15(25-21(14)5)19-16(22)18(3,4)20-13-7-9-24-10-8-13/h11,13,20H,7-10,12H2,1-6H3/p+1. The first-order valence-corrected chi connectivity index (χ1v) is 8.82. The van der Waals surface area contributed by atoms with Gasteiger partial charge in [-0.05, 0) is 45.3 Å². The Balaban J connectivity index is 2.04. The van der Waals surface area contributed by atoms with Crippen molar-refractivity contribution in [3.05, 3.63) is 11.8 Å². The first-order valence-electron chi connectivity index (χ1n) is 8.82. The van der Waals surface area contributed by atoms with Crippen molar-refractivity contribution in [2.45, 2.75) is 57.5 Å². The van der Waals surface area contributed by atoms with Gasteiger partial charge >= 0.3 is 0 Å². The molecule has 0 spiro atoms. The van der Waals surface area contributed by atoms with Gasteiger partial charge in [0.25, 0.3) is 5.88 Å². The summed E-state index contributed by atoms with van der Waals surface area (Å²) in [5.41, 5.74) is 0.0429. The van der Waals surface area contributed by atoms with Crippen LogP contribution in [-0.2, 0) is 26.7 Å². The van der Waals surface area contributed by atoms with E-state index < -0.39 is 5.54 Å². The number of carbonyl (C=O) groups excluding carboxylic acids is 1. The van der Waals surface area contributed by atoms with Gasteiger partial charge in [0.15, 0.2) is 7.05 Å². The summed E-state index contributed by atoms with van der Waals surface area (Å²) in [6.07, 6.45) is 1.84. The van der Waals surface area contributed by atoms with Crippen LogP contribution in [0.1, 0.15) is 46.2 Å². The van der Waals surface area contributed by atoms with Gasteiger partial charge in [-0.3, -0.25) is 10.1 Å². The van der Waals surface area contributed by atoms with Crippen molar-refractivity contribution >= 4 is 11.8 Å². The molecule has 0 bridgehead atoms. The minimum absolute atomic E-state index is 0.121. The molecule has 0 saturated carbocycles. The highest BCUT2D eigenvalue weighted by atomic mass is 16.5. The van der Waals surface area contributed by atoms with Gasteiger partial charge in [0, 0.05) is 26.4 Å². The normalized spacial score (nSPS) is 16.9. The SMILES string of the molecule is COCC(C)(C)c1cc(NC(=O)C(C)(C)NC2CCOCC2)o[n+]1C. The maximum atomic E-state index is 12.7. The maximum Gasteiger partial charge on any atom is 0.282 e. The van der Waals surface area contributed by atoms with E-state index in [1.807, 2.05) is 27.0 Å². The predicted molar refractivity (Wildman–Crippen MR) is 94.5 cm³/mol. The fourth-order valence-electron chi connectivity index (χ4n) is 3.24. The first-order chi connectivity index (χ1) is 11.7. The molecule has 1 aliphatic heterocycles. The van der Waals surface area contributed by atoms with Gasteiger partial charge in [0.2, 0.25) is 11.6 Å². The molecule has 1 aliphatic rings. The van der Waals surface area contributed by atoms with Gasteiger partial charge in [-0.1, -0.05) is 0 Å². The van der Waals surface area contributed by atoms with Crippen molar-refractivity contribution in [1.29, 1.82) is 0 Å². The van der Waals surface area contributed by atoms with Gasteiger partial charge in [0.05, 0.1) is 23.6 Å². The average molecular weight is 354 g/mol. The third kappa shape index (κ3) is 5.03. The van der Waals surface area contributed by atoms with Gasteiger partial charge < -0.3 is 14.8 Å². The van der Waals surface area contributed by atoms with E-state index in [1.165, 1.54) is 0 Å². The molecule has 1 saturated heterocycles. The molecule has 1 amide bonds. The van der Waals surface area contributed by atoms with Gasteiger partial charge in [-0.15, -0.1) is 0 Å². The lowest BCUT2D eigenvalue weighted by molar-refractivity contribution is -0.850. The Morgan fingerprint density at radius 3 is 2.56 bits per heavy atom. The Bertz CT molecular complexity index is 589. The monoisotopic (exact) mass is 354 g/mol. The fraction of sp³-hybridized carbons (Fsp3) is 0.778. The summed E-state index contributed by atoms with van der Waals surface area (Å²) in [4.78, 5) is 12.7. The lowest BCUT2D eigenvalue weighted by atomic mass is 9.90. The average Bonchev–Trinajstić information content (AvgIpc) is 2.89. The molecule has 0 aromatic carbocycles. The van der Waals surface area contributed by atoms with Crippen LogP contribution in [0.25, 0.3) is 0 Å². The number of anilines is 1. The van der Waals surface area contributed by atoms with Crippen molar-refractivity contribution < 1.29 is 23.5 Å². The van der Waals surface area contributed by atoms with E-state index in [0.717, 1.165) is 31.7 Å². The molecule has 1 fully saturated rings. The Hall–Kier alpha value is -1.44. The quantitative estimate of drug-likeness (QED) is 0.726. The number of nitrogens with one attached hydrogen (secondary N) is 2. The number of amides is 1. The lowest BCUT2D eigenvalue weighted by Gasteiger charge is -2.32. The van der Waals surface area contributed by atoms with Crippen molar-refractivity contribution in [1.82, 2.24) is 5.32 Å². The van der Waals surface area contributed by atoms with E-state index in [-0.39, 0.29) is 11.3 Å². The third-order valence-electron chi connectivity index (χ3n) is 4.63. The zero-order chi connectivity index (χ0) is 18.7. The third-order valence-corrected chi connectivity index (χ3v) is 4.63. The molecule has 7 heteroatoms. The summed E-state index contributed by atoms with van der Waals surface area (Å²) < 4.78 is 18.0. The Morgan fingerprint density at radius 1 is 1.32 bits per heavy atom. The molecule has 0 aliphatic carbocycles. The highest BCUT2D eigenvalue weighted by molar-refractivity contribution is 5.96. The van der Waals surface area contributed by atoms with Crippen molar-refractivity contribution in [3.8, 4) is 0 Å². The topological polar surface area (TPSA) is 76.6 Å². The number of ether oxygens (including phenoxy) is 2. The first kappa shape index (κ1) is 19.9. The van der Waals surface area contributed by atoms with E-state index in [2.05, 4.69) is 24.5 Å². The summed E-state index contributed by atoms with van der Waals surface area (Å²) >= 11 is 0. The molecule has 7 nitrogen and oxygen atoms in total. The molecular formula is C18H32N3O4+. The van der Waals surface area contributed by atoms with Crippen LogP contribution in [0.3, 0.4) is 0 Å². The van der Waals surface area contributed by atoms with E-state index >= 15 is 0 Å². The molecular weight excluding hydrogens is 322 g/mol. The fourth-order valence-corrected chi connectivity index (χ4v) is 3.24. The Morgan fingerprint density at radius 2 is 1.96 bits per heavy atom. The minimum atomic E-state index is -0.699. The van der Waals surface area contributed by atoms with E-state index in [9.17, 15) is 4.79 Å². The summed E-state index contributed by atoms with van der Waals surface area (Å²) in [7, 11) is 3.50. The number of aromatic nitrogens is 1. The van der Waals surface area contributed by atoms with E-state index in [1.54, 1.807) is 11.8 Å². The zero-order valence-corrected chi connectivity index (χ0v) is 16.3. The maximum absolute atomic E-state index is 12.7. The van der Waals surface area contributed by atoms with Gasteiger partial charge in [0.1, 0.15) is 0 Å². The number of hydrogen-bond donors (Lipinski definition) is 2. The second kappa shape index (κ2) is 7.85. The molecule has 1 aromatic heterocycles. The van der Waals surface area contributed by atoms with E-state index in [0.29, 0.717) is 18.5 Å². The largest absolute Gasteiger partial charge is 0.384 e. The van der Waals surface area contributed by atoms with Crippen LogP contribution in [0, 0.1) is 0 Å². The summed E-state index contributed by atoms with van der Waals surface area (Å²) in [6, 6.07) is 2.15. The van der Waals surface area contributed by atoms with Crippen LogP contribution in [0.2, 0.25) is 0 Å². The molecule has 142 valence electrons. The number of carbonyl (C=O) groups is 1. The number of hydrogen-bond acceptors (Lipinski definition) is 5. The molecule has 1 aromatic rings. The number of rotatable bonds is 7. The van der Waals surface area contributed by atoms with Crippen molar-refractivity contribution in [3.63, 3.8) is 0 Å².